The molecule has 1 atom stereocenters. The topological polar surface area (TPSA) is 72.7 Å². The van der Waals surface area contributed by atoms with Gasteiger partial charge in [0.15, 0.2) is 0 Å². The van der Waals surface area contributed by atoms with Crippen molar-refractivity contribution in [3.63, 3.8) is 0 Å². The lowest BCUT2D eigenvalue weighted by Gasteiger charge is -2.13. The molecule has 24 heavy (non-hydrogen) atoms. The molecule has 3 rings (SSSR count). The fraction of sp³-hybridized carbons (Fsp3) is 0.333. The molecule has 2 aromatic heterocycles. The number of aromatic nitrogens is 4. The summed E-state index contributed by atoms with van der Waals surface area (Å²) in [7, 11) is 0. The van der Waals surface area contributed by atoms with E-state index in [4.69, 9.17) is 0 Å². The molecule has 0 aliphatic rings. The van der Waals surface area contributed by atoms with Gasteiger partial charge in [0.2, 0.25) is 0 Å². The third-order valence-corrected chi connectivity index (χ3v) is 4.03. The zero-order chi connectivity index (χ0) is 17.1. The van der Waals surface area contributed by atoms with Crippen LogP contribution in [-0.2, 0) is 6.54 Å². The van der Waals surface area contributed by atoms with E-state index in [2.05, 4.69) is 27.2 Å². The summed E-state index contributed by atoms with van der Waals surface area (Å²) in [6.07, 6.45) is 5.46. The van der Waals surface area contributed by atoms with Gasteiger partial charge in [-0.2, -0.15) is 0 Å². The van der Waals surface area contributed by atoms with Gasteiger partial charge in [0.1, 0.15) is 0 Å². The third-order valence-electron chi connectivity index (χ3n) is 4.03. The Kier molecular flexibility index (Phi) is 4.55. The van der Waals surface area contributed by atoms with Gasteiger partial charge in [0.05, 0.1) is 28.7 Å². The second-order valence-corrected chi connectivity index (χ2v) is 6.17. The first-order chi connectivity index (χ1) is 11.5. The number of imidazole rings is 1. The van der Waals surface area contributed by atoms with Crippen molar-refractivity contribution in [3.8, 4) is 0 Å². The average Bonchev–Trinajstić information content (AvgIpc) is 3.06. The molecule has 1 amide bonds. The van der Waals surface area contributed by atoms with Crippen LogP contribution in [-0.4, -0.2) is 32.0 Å². The Labute approximate surface area is 141 Å². The normalized spacial score (nSPS) is 12.3. The van der Waals surface area contributed by atoms with Gasteiger partial charge in [-0.05, 0) is 38.0 Å². The van der Waals surface area contributed by atoms with Gasteiger partial charge >= 0.3 is 0 Å². The highest BCUT2D eigenvalue weighted by molar-refractivity contribution is 5.97. The Morgan fingerprint density at radius 2 is 1.96 bits per heavy atom. The van der Waals surface area contributed by atoms with E-state index in [1.807, 2.05) is 30.7 Å². The van der Waals surface area contributed by atoms with E-state index in [1.54, 1.807) is 24.7 Å². The van der Waals surface area contributed by atoms with Crippen LogP contribution >= 0.6 is 0 Å². The first-order valence-electron chi connectivity index (χ1n) is 8.02. The standard InChI is InChI=1S/C18H21N5O/c1-12(10-23-7-6-19-11-23)9-20-18(24)15-4-5-16-17(8-15)22-14(3)13(2)21-16/h4-8,11-12H,9-10H2,1-3H3,(H,20,24)/t12-/m0/s1. The minimum absolute atomic E-state index is 0.0885. The Morgan fingerprint density at radius 1 is 1.21 bits per heavy atom. The van der Waals surface area contributed by atoms with Crippen LogP contribution in [0.25, 0.3) is 11.0 Å². The zero-order valence-electron chi connectivity index (χ0n) is 14.2. The summed E-state index contributed by atoms with van der Waals surface area (Å²) >= 11 is 0. The summed E-state index contributed by atoms with van der Waals surface area (Å²) in [6.45, 7) is 7.38. The third kappa shape index (κ3) is 3.59. The summed E-state index contributed by atoms with van der Waals surface area (Å²) in [4.78, 5) is 25.4. The monoisotopic (exact) mass is 323 g/mol. The maximum absolute atomic E-state index is 12.4. The maximum Gasteiger partial charge on any atom is 0.251 e. The molecule has 2 heterocycles. The number of rotatable bonds is 5. The smallest absolute Gasteiger partial charge is 0.251 e. The second kappa shape index (κ2) is 6.78. The predicted molar refractivity (Wildman–Crippen MR) is 92.7 cm³/mol. The molecular formula is C18H21N5O. The quantitative estimate of drug-likeness (QED) is 0.783. The van der Waals surface area contributed by atoms with Gasteiger partial charge in [0.25, 0.3) is 5.91 Å². The molecule has 0 saturated carbocycles. The maximum atomic E-state index is 12.4. The number of nitrogens with zero attached hydrogens (tertiary/aromatic N) is 4. The lowest BCUT2D eigenvalue weighted by atomic mass is 10.1. The molecule has 1 aromatic carbocycles. The summed E-state index contributed by atoms with van der Waals surface area (Å²) in [5, 5.41) is 2.98. The number of aryl methyl sites for hydroxylation is 2. The lowest BCUT2D eigenvalue weighted by molar-refractivity contribution is 0.0947. The zero-order valence-corrected chi connectivity index (χ0v) is 14.2. The van der Waals surface area contributed by atoms with E-state index in [0.29, 0.717) is 18.0 Å². The molecule has 0 bridgehead atoms. The summed E-state index contributed by atoms with van der Waals surface area (Å²) in [5.41, 5.74) is 3.96. The second-order valence-electron chi connectivity index (χ2n) is 6.17. The first-order valence-corrected chi connectivity index (χ1v) is 8.02. The fourth-order valence-electron chi connectivity index (χ4n) is 2.56. The highest BCUT2D eigenvalue weighted by atomic mass is 16.1. The molecule has 0 saturated heterocycles. The molecule has 0 unspecified atom stereocenters. The number of hydrogen-bond acceptors (Lipinski definition) is 4. The van der Waals surface area contributed by atoms with Crippen LogP contribution in [0, 0.1) is 19.8 Å². The summed E-state index contributed by atoms with van der Waals surface area (Å²) in [5.74, 6) is 0.225. The predicted octanol–water partition coefficient (Wildman–Crippen LogP) is 2.51. The van der Waals surface area contributed by atoms with Crippen LogP contribution < -0.4 is 5.32 Å². The Balaban J connectivity index is 1.66. The van der Waals surface area contributed by atoms with Gasteiger partial charge in [-0.15, -0.1) is 0 Å². The molecule has 0 fully saturated rings. The van der Waals surface area contributed by atoms with Crippen molar-refractivity contribution >= 4 is 16.9 Å². The van der Waals surface area contributed by atoms with E-state index >= 15 is 0 Å². The average molecular weight is 323 g/mol. The summed E-state index contributed by atoms with van der Waals surface area (Å²) in [6, 6.07) is 5.44. The highest BCUT2D eigenvalue weighted by Crippen LogP contribution is 2.14. The van der Waals surface area contributed by atoms with Crippen LogP contribution in [0.4, 0.5) is 0 Å². The number of nitrogens with one attached hydrogen (secondary N) is 1. The number of hydrogen-bond donors (Lipinski definition) is 1. The van der Waals surface area contributed by atoms with E-state index in [9.17, 15) is 4.79 Å². The van der Waals surface area contributed by atoms with Crippen molar-refractivity contribution in [2.75, 3.05) is 6.54 Å². The number of carbonyl (C=O) groups excluding carboxylic acids is 1. The van der Waals surface area contributed by atoms with Crippen molar-refractivity contribution in [1.29, 1.82) is 0 Å². The molecule has 6 heteroatoms. The number of carbonyl (C=O) groups is 1. The van der Waals surface area contributed by atoms with Crippen molar-refractivity contribution in [3.05, 3.63) is 53.9 Å². The molecule has 3 aromatic rings. The van der Waals surface area contributed by atoms with Gasteiger partial charge in [-0.3, -0.25) is 4.79 Å². The first kappa shape index (κ1) is 16.1. The molecule has 0 radical (unpaired) electrons. The molecule has 6 nitrogen and oxygen atoms in total. The van der Waals surface area contributed by atoms with Crippen LogP contribution in [0.15, 0.2) is 36.9 Å². The van der Waals surface area contributed by atoms with Crippen LogP contribution in [0.2, 0.25) is 0 Å². The number of amides is 1. The molecule has 0 spiro atoms. The molecule has 0 aliphatic heterocycles. The molecular weight excluding hydrogens is 302 g/mol. The molecule has 124 valence electrons. The number of fused-ring (bicyclic) bond motifs is 1. The van der Waals surface area contributed by atoms with Gasteiger partial charge in [-0.25, -0.2) is 15.0 Å². The SMILES string of the molecule is Cc1nc2ccc(C(=O)NC[C@H](C)Cn3ccnc3)cc2nc1C. The van der Waals surface area contributed by atoms with E-state index in [0.717, 1.165) is 29.0 Å². The summed E-state index contributed by atoms with van der Waals surface area (Å²) < 4.78 is 2.01. The minimum atomic E-state index is -0.0885. The highest BCUT2D eigenvalue weighted by Gasteiger charge is 2.10. The van der Waals surface area contributed by atoms with Crippen molar-refractivity contribution in [2.45, 2.75) is 27.3 Å². The molecule has 1 N–H and O–H groups in total. The van der Waals surface area contributed by atoms with Gasteiger partial charge in [-0.1, -0.05) is 6.92 Å². The number of benzene rings is 1. The van der Waals surface area contributed by atoms with Crippen LogP contribution in [0.3, 0.4) is 0 Å². The Morgan fingerprint density at radius 3 is 2.67 bits per heavy atom. The Hall–Kier alpha value is -2.76. The van der Waals surface area contributed by atoms with Crippen molar-refractivity contribution in [1.82, 2.24) is 24.8 Å². The largest absolute Gasteiger partial charge is 0.352 e. The van der Waals surface area contributed by atoms with Gasteiger partial charge in [0, 0.05) is 31.0 Å². The Bertz CT molecular complexity index is 857. The lowest BCUT2D eigenvalue weighted by Crippen LogP contribution is -2.29. The van der Waals surface area contributed by atoms with Crippen molar-refractivity contribution < 1.29 is 4.79 Å². The molecule has 0 aliphatic carbocycles. The van der Waals surface area contributed by atoms with E-state index in [1.165, 1.54) is 0 Å². The van der Waals surface area contributed by atoms with Crippen LogP contribution in [0.5, 0.6) is 0 Å². The van der Waals surface area contributed by atoms with E-state index < -0.39 is 0 Å². The van der Waals surface area contributed by atoms with Crippen molar-refractivity contribution in [2.24, 2.45) is 5.92 Å². The van der Waals surface area contributed by atoms with Gasteiger partial charge < -0.3 is 9.88 Å². The minimum Gasteiger partial charge on any atom is -0.352 e. The van der Waals surface area contributed by atoms with Crippen LogP contribution in [0.1, 0.15) is 28.7 Å². The fourth-order valence-corrected chi connectivity index (χ4v) is 2.56. The van der Waals surface area contributed by atoms with E-state index in [-0.39, 0.29) is 5.91 Å².